The summed E-state index contributed by atoms with van der Waals surface area (Å²) in [5.41, 5.74) is -2.39. The average molecular weight is 1580 g/mol. The number of nitrogens with zero attached hydrogens (tertiary/aromatic N) is 15. The Labute approximate surface area is 592 Å². The van der Waals surface area contributed by atoms with Crippen molar-refractivity contribution in [3.63, 3.8) is 0 Å². The van der Waals surface area contributed by atoms with Crippen LogP contribution >= 0.6 is 31.9 Å². The van der Waals surface area contributed by atoms with E-state index in [9.17, 15) is 70.2 Å². The molecular formula is C65H96Br2F16N16O. The Balaban J connectivity index is 0.000000585. The molecule has 7 aromatic heterocycles. The molecule has 35 heteroatoms. The Kier molecular flexibility index (Phi) is 30.5. The van der Waals surface area contributed by atoms with Gasteiger partial charge in [-0.1, -0.05) is 125 Å². The lowest BCUT2D eigenvalue weighted by atomic mass is 9.93. The van der Waals surface area contributed by atoms with Gasteiger partial charge in [0, 0.05) is 83.5 Å². The lowest BCUT2D eigenvalue weighted by Gasteiger charge is -2.20. The SMILES string of the molecule is CC(C)(C)c1nc(Br)c(C(F)(F)F)[nH]1.CC(C)(C)c1nc(C(F)(F)F)cn1CCF.CC(C)n1cc(C(C)(C)C)nc1C(F)(F)F.CCn1c(C(C)(C)C)nc(C(F)(F)F)c1Br.COc1nc(C(C)(C)C)nn1C.Cc1cc(C#N)nn1C(C)(C)C.Cn1cc(C(C)(C)C)nc1C(F)(F)F. The first-order chi connectivity index (χ1) is 44.4. The Hall–Kier alpha value is -6.47. The first-order valence-corrected chi connectivity index (χ1v) is 32.6. The van der Waals surface area contributed by atoms with Crippen LogP contribution in [-0.2, 0) is 96.1 Å². The minimum atomic E-state index is -4.48. The summed E-state index contributed by atoms with van der Waals surface area (Å²) >= 11 is 5.75. The normalized spacial score (nSPS) is 12.9. The molecule has 100 heavy (non-hydrogen) atoms. The number of aryl methyl sites for hydroxylation is 4. The maximum absolute atomic E-state index is 12.7. The highest BCUT2D eigenvalue weighted by Gasteiger charge is 2.43. The quantitative estimate of drug-likeness (QED) is 0.163. The summed E-state index contributed by atoms with van der Waals surface area (Å²) in [5.74, 6) is 0.153. The number of hydrogen-bond donors (Lipinski definition) is 1. The molecule has 0 aromatic carbocycles. The van der Waals surface area contributed by atoms with Gasteiger partial charge in [0.2, 0.25) is 11.6 Å². The zero-order valence-electron chi connectivity index (χ0n) is 61.9. The Morgan fingerprint density at radius 3 is 1.28 bits per heavy atom. The zero-order chi connectivity index (χ0) is 79.0. The Morgan fingerprint density at radius 2 is 1.02 bits per heavy atom. The van der Waals surface area contributed by atoms with Crippen LogP contribution in [0.15, 0.2) is 33.9 Å². The molecule has 0 bridgehead atoms. The van der Waals surface area contributed by atoms with E-state index in [4.69, 9.17) is 10.00 Å². The van der Waals surface area contributed by atoms with Crippen molar-refractivity contribution >= 4 is 31.9 Å². The van der Waals surface area contributed by atoms with E-state index >= 15 is 0 Å². The van der Waals surface area contributed by atoms with E-state index in [0.717, 1.165) is 22.3 Å². The molecule has 0 atom stereocenters. The monoisotopic (exact) mass is 1580 g/mol. The van der Waals surface area contributed by atoms with Crippen LogP contribution in [0.4, 0.5) is 70.2 Å². The molecule has 0 amide bonds. The van der Waals surface area contributed by atoms with Gasteiger partial charge in [0.25, 0.3) is 0 Å². The molecule has 0 radical (unpaired) electrons. The molecule has 568 valence electrons. The van der Waals surface area contributed by atoms with Crippen molar-refractivity contribution in [1.29, 1.82) is 5.26 Å². The minimum Gasteiger partial charge on any atom is -0.467 e. The molecule has 0 spiro atoms. The summed E-state index contributed by atoms with van der Waals surface area (Å²) in [6.07, 6.45) is -18.3. The van der Waals surface area contributed by atoms with Crippen molar-refractivity contribution in [1.82, 2.24) is 72.7 Å². The van der Waals surface area contributed by atoms with E-state index < -0.39 is 82.5 Å². The second-order valence-corrected chi connectivity index (χ2v) is 31.8. The van der Waals surface area contributed by atoms with Gasteiger partial charge in [-0.15, -0.1) is 0 Å². The van der Waals surface area contributed by atoms with E-state index in [1.54, 1.807) is 84.7 Å². The molecule has 0 saturated carbocycles. The molecule has 1 N–H and O–H groups in total. The largest absolute Gasteiger partial charge is 0.467 e. The Bertz CT molecular complexity index is 3690. The molecule has 0 unspecified atom stereocenters. The highest BCUT2D eigenvalue weighted by molar-refractivity contribution is 9.10. The van der Waals surface area contributed by atoms with Crippen LogP contribution in [0, 0.1) is 18.3 Å². The van der Waals surface area contributed by atoms with Gasteiger partial charge in [-0.3, -0.25) is 4.68 Å². The highest BCUT2D eigenvalue weighted by Crippen LogP contribution is 2.40. The van der Waals surface area contributed by atoms with Crippen LogP contribution in [0.5, 0.6) is 6.01 Å². The topological polar surface area (TPSA) is 182 Å². The van der Waals surface area contributed by atoms with Crippen molar-refractivity contribution in [2.24, 2.45) is 14.1 Å². The fraction of sp³-hybridized carbons (Fsp3) is 0.677. The molecule has 0 aliphatic rings. The van der Waals surface area contributed by atoms with Crippen LogP contribution in [0.25, 0.3) is 0 Å². The number of nitriles is 1. The number of methoxy groups -OCH3 is 1. The maximum Gasteiger partial charge on any atom is 0.449 e. The van der Waals surface area contributed by atoms with Crippen molar-refractivity contribution in [3.8, 4) is 12.1 Å². The van der Waals surface area contributed by atoms with E-state index in [-0.39, 0.29) is 49.4 Å². The van der Waals surface area contributed by atoms with Gasteiger partial charge in [-0.25, -0.2) is 34.0 Å². The van der Waals surface area contributed by atoms with Gasteiger partial charge in [0.05, 0.1) is 30.6 Å². The second kappa shape index (κ2) is 33.3. The van der Waals surface area contributed by atoms with E-state index in [0.29, 0.717) is 41.3 Å². The number of nitrogens with one attached hydrogen (secondary N) is 1. The van der Waals surface area contributed by atoms with Gasteiger partial charge in [0.1, 0.15) is 39.4 Å². The number of halogens is 18. The first-order valence-electron chi connectivity index (χ1n) is 31.0. The van der Waals surface area contributed by atoms with Crippen molar-refractivity contribution in [2.45, 2.75) is 261 Å². The number of rotatable bonds is 5. The number of H-pyrrole nitrogens is 1. The van der Waals surface area contributed by atoms with Crippen molar-refractivity contribution < 1.29 is 75.0 Å². The molecule has 7 rings (SSSR count). The molecule has 17 nitrogen and oxygen atoms in total. The lowest BCUT2D eigenvalue weighted by Crippen LogP contribution is -2.24. The van der Waals surface area contributed by atoms with Crippen LogP contribution < -0.4 is 4.74 Å². The third-order valence-electron chi connectivity index (χ3n) is 13.3. The van der Waals surface area contributed by atoms with E-state index in [1.807, 2.05) is 87.0 Å². The second-order valence-electron chi connectivity index (χ2n) is 30.3. The van der Waals surface area contributed by atoms with Crippen LogP contribution in [0.1, 0.15) is 247 Å². The van der Waals surface area contributed by atoms with Gasteiger partial charge in [0.15, 0.2) is 28.6 Å². The van der Waals surface area contributed by atoms with Crippen LogP contribution in [-0.4, -0.2) is 86.5 Å². The molecule has 0 aliphatic carbocycles. The van der Waals surface area contributed by atoms with E-state index in [2.05, 4.69) is 118 Å². The minimum absolute atomic E-state index is 0.00688. The van der Waals surface area contributed by atoms with E-state index in [1.165, 1.54) is 28.6 Å². The summed E-state index contributed by atoms with van der Waals surface area (Å²) in [4.78, 5) is 24.9. The van der Waals surface area contributed by atoms with Gasteiger partial charge in [-0.05, 0) is 86.4 Å². The smallest absolute Gasteiger partial charge is 0.449 e. The van der Waals surface area contributed by atoms with Crippen molar-refractivity contribution in [3.05, 3.63) is 109 Å². The number of ether oxygens (including phenoxy) is 1. The summed E-state index contributed by atoms with van der Waals surface area (Å²) < 4.78 is 213. The molecule has 0 fully saturated rings. The number of imidazole rings is 5. The summed E-state index contributed by atoms with van der Waals surface area (Å²) in [6, 6.07) is 4.13. The predicted molar refractivity (Wildman–Crippen MR) is 357 cm³/mol. The third-order valence-corrected chi connectivity index (χ3v) is 14.7. The third kappa shape index (κ3) is 27.0. The first kappa shape index (κ1) is 91.5. The lowest BCUT2D eigenvalue weighted by molar-refractivity contribution is -0.148. The number of aromatic nitrogens is 15. The van der Waals surface area contributed by atoms with Gasteiger partial charge in [-0.2, -0.15) is 86.3 Å². The molecule has 7 heterocycles. The van der Waals surface area contributed by atoms with Crippen molar-refractivity contribution in [2.75, 3.05) is 13.8 Å². The fourth-order valence-electron chi connectivity index (χ4n) is 8.31. The summed E-state index contributed by atoms with van der Waals surface area (Å²) in [7, 11) is 4.77. The fourth-order valence-corrected chi connectivity index (χ4v) is 9.54. The van der Waals surface area contributed by atoms with Crippen LogP contribution in [0.3, 0.4) is 0 Å². The molecule has 0 aliphatic heterocycles. The zero-order valence-corrected chi connectivity index (χ0v) is 65.1. The highest BCUT2D eigenvalue weighted by atomic mass is 79.9. The summed E-state index contributed by atoms with van der Waals surface area (Å²) in [6.45, 7) is 46.4. The molecule has 0 saturated heterocycles. The number of alkyl halides is 16. The standard InChI is InChI=1S/C11H17F3N2.C10H14BrF3N2.C10H14F4N2.C9H13F3N2.C9H13N3.C8H10BrF3N2.C8H15N3O/c1-7(2)16-6-8(10(3,4)5)15-9(16)11(12,13)14;1-5-16-7(11)6(10(12,13)14)15-8(16)9(2,3)4;1-9(2,3)8-15-7(10(12,13)14)6-16(8)5-4-11;1-8(2,3)6-5-14(4)7(13-6)9(10,11)12;1-7-5-8(6-10)11-12(7)9(2,3)4;1-7(2,3)6-13-4(5(9)14-6)8(10,11)12;1-8(2,3)6-9-7(12-5)11(4)10-6/h6-7H,1-5H3;5H2,1-4H3;6H,4-5H2,1-3H3;5H,1-4H3;5H,1-4H3;1-3H3,(H,13,14);1-5H3. The average Bonchev–Trinajstić information content (AvgIpc) is 1.64. The predicted octanol–water partition coefficient (Wildman–Crippen LogP) is 20.1. The Morgan fingerprint density at radius 1 is 0.550 bits per heavy atom. The maximum atomic E-state index is 12.7. The molecular weight excluding hydrogens is 1480 g/mol. The van der Waals surface area contributed by atoms with Gasteiger partial charge < -0.3 is 28.0 Å². The van der Waals surface area contributed by atoms with Crippen LogP contribution in [0.2, 0.25) is 0 Å². The summed E-state index contributed by atoms with van der Waals surface area (Å²) in [5, 5.41) is 17.0. The number of hydrogen-bond acceptors (Lipinski definition) is 10. The molecule has 7 aromatic rings. The van der Waals surface area contributed by atoms with Gasteiger partial charge >= 0.3 is 36.9 Å². The number of aromatic amines is 1.